The minimum atomic E-state index is -3.60. The van der Waals surface area contributed by atoms with Crippen molar-refractivity contribution in [3.63, 3.8) is 0 Å². The van der Waals surface area contributed by atoms with E-state index in [2.05, 4.69) is 48.5 Å². The molecular weight excluding hydrogens is 985 g/mol. The summed E-state index contributed by atoms with van der Waals surface area (Å²) in [5, 5.41) is 51.2. The normalized spacial score (nSPS) is 44.8. The fraction of sp³-hybridized carbons (Fsp3) is 0.914. The van der Waals surface area contributed by atoms with E-state index in [-0.39, 0.29) is 24.4 Å². The SMILES string of the molecule is C.CO.C[C@H](C(CC1(O)CCCCCC1)S(=O)(=O)c1ccccc1)[C@H]1CC[C@H]2[C@@H]3CC[C@H]4C[C@@](C)(O)CC[C@]4(C)[C@H]3CC[C@]12C.C[C@H](CCC1(O)CCCCCC1)[C@H]1CC[C@H]2[C@@H]3CC[C@H]4C[C@@](C)(O)CC[C@]4(C)[C@H]3CC[C@]12C. The van der Waals surface area contributed by atoms with E-state index >= 15 is 0 Å². The van der Waals surface area contributed by atoms with Gasteiger partial charge in [0.15, 0.2) is 9.84 Å². The first-order valence-corrected chi connectivity index (χ1v) is 34.5. The average Bonchev–Trinajstić information content (AvgIpc) is 3.88. The zero-order chi connectivity index (χ0) is 55.5. The van der Waals surface area contributed by atoms with Gasteiger partial charge in [0.25, 0.3) is 0 Å². The van der Waals surface area contributed by atoms with Gasteiger partial charge in [-0.05, 0) is 279 Å². The molecule has 10 saturated carbocycles. The molecule has 1 unspecified atom stereocenters. The van der Waals surface area contributed by atoms with Crippen LogP contribution < -0.4 is 0 Å². The van der Waals surface area contributed by atoms with Gasteiger partial charge >= 0.3 is 0 Å². The molecule has 10 fully saturated rings. The zero-order valence-electron chi connectivity index (χ0n) is 50.7. The van der Waals surface area contributed by atoms with Gasteiger partial charge in [0, 0.05) is 7.11 Å². The van der Waals surface area contributed by atoms with Crippen molar-refractivity contribution in [2.45, 2.75) is 307 Å². The second kappa shape index (κ2) is 24.1. The van der Waals surface area contributed by atoms with Crippen LogP contribution in [0.1, 0.15) is 275 Å². The zero-order valence-corrected chi connectivity index (χ0v) is 51.5. The number of hydrogen-bond acceptors (Lipinski definition) is 7. The van der Waals surface area contributed by atoms with Gasteiger partial charge in [-0.25, -0.2) is 8.42 Å². The Morgan fingerprint density at radius 3 is 1.38 bits per heavy atom. The molecule has 0 aromatic heterocycles. The van der Waals surface area contributed by atoms with E-state index in [1.54, 1.807) is 12.1 Å². The maximum absolute atomic E-state index is 14.4. The molecule has 5 N–H and O–H groups in total. The lowest BCUT2D eigenvalue weighted by Crippen LogP contribution is -2.56. The van der Waals surface area contributed by atoms with E-state index in [1.807, 2.05) is 25.1 Å². The molecule has 10 aliphatic rings. The molecule has 0 aliphatic heterocycles. The summed E-state index contributed by atoms with van der Waals surface area (Å²) < 4.78 is 28.9. The molecule has 10 aliphatic carbocycles. The molecule has 11 rings (SSSR count). The van der Waals surface area contributed by atoms with E-state index in [1.165, 1.54) is 109 Å². The largest absolute Gasteiger partial charge is 0.400 e. The van der Waals surface area contributed by atoms with Gasteiger partial charge in [0.2, 0.25) is 0 Å². The molecule has 0 spiro atoms. The van der Waals surface area contributed by atoms with E-state index in [0.717, 1.165) is 151 Å². The summed E-state index contributed by atoms with van der Waals surface area (Å²) in [6.45, 7) is 19.3. The van der Waals surface area contributed by atoms with E-state index in [9.17, 15) is 28.8 Å². The Morgan fingerprint density at radius 2 is 0.910 bits per heavy atom. The summed E-state index contributed by atoms with van der Waals surface area (Å²) in [5.74, 6) is 8.19. The van der Waals surface area contributed by atoms with Crippen molar-refractivity contribution >= 4 is 9.84 Å². The highest BCUT2D eigenvalue weighted by atomic mass is 32.2. The van der Waals surface area contributed by atoms with Crippen molar-refractivity contribution in [3.8, 4) is 0 Å². The molecule has 448 valence electrons. The van der Waals surface area contributed by atoms with Gasteiger partial charge in [-0.1, -0.05) is 119 Å². The van der Waals surface area contributed by atoms with Crippen LogP contribution in [0.4, 0.5) is 0 Å². The predicted molar refractivity (Wildman–Crippen MR) is 321 cm³/mol. The van der Waals surface area contributed by atoms with Gasteiger partial charge in [-0.2, -0.15) is 0 Å². The second-order valence-corrected chi connectivity index (χ2v) is 33.6. The van der Waals surface area contributed by atoms with Crippen LogP contribution in [0.3, 0.4) is 0 Å². The highest BCUT2D eigenvalue weighted by molar-refractivity contribution is 7.92. The Bertz CT molecular complexity index is 2190. The van der Waals surface area contributed by atoms with Crippen LogP contribution >= 0.6 is 0 Å². The second-order valence-electron chi connectivity index (χ2n) is 31.4. The number of aliphatic hydroxyl groups is 5. The van der Waals surface area contributed by atoms with Gasteiger partial charge in [0.05, 0.1) is 32.5 Å². The first-order chi connectivity index (χ1) is 36.4. The van der Waals surface area contributed by atoms with Crippen molar-refractivity contribution in [3.05, 3.63) is 30.3 Å². The fourth-order valence-corrected chi connectivity index (χ4v) is 24.8. The smallest absolute Gasteiger partial charge is 0.181 e. The number of hydrogen-bond donors (Lipinski definition) is 5. The lowest BCUT2D eigenvalue weighted by Gasteiger charge is -2.62. The molecule has 19 atom stereocenters. The summed E-state index contributed by atoms with van der Waals surface area (Å²) in [7, 11) is -2.60. The van der Waals surface area contributed by atoms with Crippen LogP contribution in [-0.2, 0) is 9.84 Å². The van der Waals surface area contributed by atoms with Crippen molar-refractivity contribution in [2.75, 3.05) is 7.11 Å². The highest BCUT2D eigenvalue weighted by Gasteiger charge is 2.64. The molecule has 8 heteroatoms. The quantitative estimate of drug-likeness (QED) is 0.147. The Hall–Kier alpha value is -1.03. The van der Waals surface area contributed by atoms with E-state index in [4.69, 9.17) is 5.11 Å². The summed E-state index contributed by atoms with van der Waals surface area (Å²) in [5.41, 5.74) is -0.697. The first-order valence-electron chi connectivity index (χ1n) is 33.0. The predicted octanol–water partition coefficient (Wildman–Crippen LogP) is 16.5. The topological polar surface area (TPSA) is 135 Å². The van der Waals surface area contributed by atoms with Crippen LogP contribution in [0, 0.1) is 92.7 Å². The maximum Gasteiger partial charge on any atom is 0.181 e. The Balaban J connectivity index is 0.000000202. The molecule has 1 aromatic carbocycles. The number of fused-ring (bicyclic) bond motifs is 10. The monoisotopic (exact) mass is 1100 g/mol. The summed E-state index contributed by atoms with van der Waals surface area (Å²) >= 11 is 0. The van der Waals surface area contributed by atoms with Crippen molar-refractivity contribution in [1.82, 2.24) is 0 Å². The third-order valence-corrected chi connectivity index (χ3v) is 29.5. The van der Waals surface area contributed by atoms with Crippen LogP contribution in [0.15, 0.2) is 35.2 Å². The maximum atomic E-state index is 14.4. The van der Waals surface area contributed by atoms with Crippen LogP contribution in [0.25, 0.3) is 0 Å². The Morgan fingerprint density at radius 1 is 0.487 bits per heavy atom. The van der Waals surface area contributed by atoms with E-state index in [0.29, 0.717) is 45.3 Å². The average molecular weight is 1110 g/mol. The molecule has 0 bridgehead atoms. The molecule has 0 heterocycles. The molecule has 1 aromatic rings. The standard InChI is InChI=1S/C37H58O4S.C31H54O2.CH4O.CH4/c1-26(33(25-37(39)19-10-5-6-11-20-37)42(40,41)28-12-8-7-9-13-28)30-16-17-31-29-15-14-27-24-34(2,38)22-23-35(27,3)32(29)18-21-36(30,31)4;1-22(13-18-31(33)15-7-5-6-8-16-31)25-11-12-26-24-10-9-23-21-28(2,32)19-20-29(23,3)27(24)14-17-30(25,26)4;1-2;/h7-9,12-13,26-27,29-33,38-39H,5-6,10-11,14-25H2,1-4H3;22-27,32-33H,5-21H2,1-4H3;2H,1H3;1H4/t26-,27-,29-,30+,31-,32-,33?,34-,35-,36+;22-,23+,24+,25-,26+,27+,28+,29+,30-;;/m01../s1. The van der Waals surface area contributed by atoms with Gasteiger partial charge in [-0.15, -0.1) is 0 Å². The summed E-state index contributed by atoms with van der Waals surface area (Å²) in [4.78, 5) is 0.418. The Kier molecular flexibility index (Phi) is 19.5. The first kappa shape index (κ1) is 63.0. The van der Waals surface area contributed by atoms with Gasteiger partial charge in [0.1, 0.15) is 0 Å². The lowest BCUT2D eigenvalue weighted by atomic mass is 9.43. The molecule has 0 radical (unpaired) electrons. The van der Waals surface area contributed by atoms with Gasteiger partial charge in [-0.3, -0.25) is 0 Å². The van der Waals surface area contributed by atoms with Crippen LogP contribution in [-0.4, -0.2) is 68.7 Å². The lowest BCUT2D eigenvalue weighted by molar-refractivity contribution is -0.148. The number of rotatable bonds is 10. The third kappa shape index (κ3) is 12.1. The summed E-state index contributed by atoms with van der Waals surface area (Å²) in [6.07, 6.45) is 37.6. The number of sulfone groups is 1. The molecule has 78 heavy (non-hydrogen) atoms. The van der Waals surface area contributed by atoms with E-state index < -0.39 is 31.9 Å². The Labute approximate surface area is 478 Å². The molecule has 0 amide bonds. The summed E-state index contributed by atoms with van der Waals surface area (Å²) in [6, 6.07) is 9.09. The van der Waals surface area contributed by atoms with Crippen molar-refractivity contribution < 1.29 is 34.0 Å². The van der Waals surface area contributed by atoms with Crippen LogP contribution in [0.2, 0.25) is 0 Å². The minimum Gasteiger partial charge on any atom is -0.400 e. The van der Waals surface area contributed by atoms with Gasteiger partial charge < -0.3 is 25.5 Å². The van der Waals surface area contributed by atoms with Crippen LogP contribution in [0.5, 0.6) is 0 Å². The molecule has 7 nitrogen and oxygen atoms in total. The molecular formula is C70H120O7S. The van der Waals surface area contributed by atoms with Crippen molar-refractivity contribution in [2.24, 2.45) is 92.7 Å². The molecule has 0 saturated heterocycles. The number of aliphatic hydroxyl groups excluding tert-OH is 1. The fourth-order valence-electron chi connectivity index (χ4n) is 22.7. The number of benzene rings is 1. The third-order valence-electron chi connectivity index (χ3n) is 27.1. The minimum absolute atomic E-state index is 0. The van der Waals surface area contributed by atoms with Crippen molar-refractivity contribution in [1.29, 1.82) is 0 Å². The highest BCUT2D eigenvalue weighted by Crippen LogP contribution is 2.71.